The number of hydrogen-bond donors (Lipinski definition) is 0. The van der Waals surface area contributed by atoms with E-state index in [-0.39, 0.29) is 29.7 Å². The zero-order valence-corrected chi connectivity index (χ0v) is 18.9. The number of ether oxygens (including phenoxy) is 1. The van der Waals surface area contributed by atoms with Gasteiger partial charge in [-0.3, -0.25) is 9.59 Å². The van der Waals surface area contributed by atoms with Gasteiger partial charge in [-0.1, -0.05) is 48.5 Å². The lowest BCUT2D eigenvalue weighted by atomic mass is 9.88. The molecule has 0 bridgehead atoms. The van der Waals surface area contributed by atoms with Gasteiger partial charge in [-0.05, 0) is 37.5 Å². The summed E-state index contributed by atoms with van der Waals surface area (Å²) in [7, 11) is 0. The highest BCUT2D eigenvalue weighted by atomic mass is 35.5. The van der Waals surface area contributed by atoms with Crippen LogP contribution in [0.4, 0.5) is 5.69 Å². The minimum Gasteiger partial charge on any atom is -0.360 e. The molecule has 2 saturated heterocycles. The predicted octanol–water partition coefficient (Wildman–Crippen LogP) is 3.90. The molecule has 2 aromatic carbocycles. The second-order valence-electron chi connectivity index (χ2n) is 8.50. The van der Waals surface area contributed by atoms with Crippen molar-refractivity contribution in [1.29, 1.82) is 0 Å². The number of benzene rings is 2. The van der Waals surface area contributed by atoms with Crippen LogP contribution in [0.2, 0.25) is 0 Å². The second kappa shape index (κ2) is 10.4. The Bertz CT molecular complexity index is 867. The van der Waals surface area contributed by atoms with Gasteiger partial charge in [0.2, 0.25) is 0 Å². The maximum absolute atomic E-state index is 12.7. The predicted molar refractivity (Wildman–Crippen MR) is 125 cm³/mol. The van der Waals surface area contributed by atoms with Crippen molar-refractivity contribution in [2.45, 2.75) is 44.3 Å². The molecule has 166 valence electrons. The summed E-state index contributed by atoms with van der Waals surface area (Å²) in [6, 6.07) is 19.8. The van der Waals surface area contributed by atoms with Gasteiger partial charge in [-0.2, -0.15) is 0 Å². The molecule has 0 saturated carbocycles. The quantitative estimate of drug-likeness (QED) is 0.680. The summed E-state index contributed by atoms with van der Waals surface area (Å²) in [5.41, 5.74) is 1.72. The molecule has 2 aliphatic heterocycles. The highest BCUT2D eigenvalue weighted by molar-refractivity contribution is 5.97. The van der Waals surface area contributed by atoms with E-state index in [2.05, 4.69) is 4.90 Å². The van der Waals surface area contributed by atoms with E-state index >= 15 is 0 Å². The highest BCUT2D eigenvalue weighted by Gasteiger charge is 2.45. The van der Waals surface area contributed by atoms with Crippen LogP contribution in [0.1, 0.15) is 31.7 Å². The number of morpholine rings is 1. The van der Waals surface area contributed by atoms with Crippen molar-refractivity contribution in [3.8, 4) is 0 Å². The maximum Gasteiger partial charge on any atom is 0.255 e. The van der Waals surface area contributed by atoms with Gasteiger partial charge < -0.3 is 14.5 Å². The molecule has 1 atom stereocenters. The van der Waals surface area contributed by atoms with Crippen molar-refractivity contribution in [2.75, 3.05) is 31.1 Å². The summed E-state index contributed by atoms with van der Waals surface area (Å²) in [5, 5.41) is 0. The first-order chi connectivity index (χ1) is 14.5. The number of piperidine rings is 1. The molecule has 0 aliphatic carbocycles. The van der Waals surface area contributed by atoms with Crippen LogP contribution in [0.5, 0.6) is 0 Å². The third-order valence-electron chi connectivity index (χ3n) is 6.27. The van der Waals surface area contributed by atoms with Gasteiger partial charge in [0.05, 0.1) is 12.1 Å². The van der Waals surface area contributed by atoms with Gasteiger partial charge >= 0.3 is 0 Å². The molecule has 1 amide bonds. The second-order valence-corrected chi connectivity index (χ2v) is 8.50. The smallest absolute Gasteiger partial charge is 0.255 e. The van der Waals surface area contributed by atoms with E-state index in [4.69, 9.17) is 4.74 Å². The lowest BCUT2D eigenvalue weighted by Crippen LogP contribution is -2.61. The van der Waals surface area contributed by atoms with E-state index in [0.29, 0.717) is 19.4 Å². The number of para-hydroxylation sites is 1. The number of ketones is 1. The molecule has 31 heavy (non-hydrogen) atoms. The Morgan fingerprint density at radius 2 is 1.65 bits per heavy atom. The molecular formula is C25H31ClN2O3. The minimum absolute atomic E-state index is 0. The van der Waals surface area contributed by atoms with Crippen LogP contribution in [-0.4, -0.2) is 54.5 Å². The normalized spacial score (nSPS) is 21.0. The molecule has 2 heterocycles. The topological polar surface area (TPSA) is 49.9 Å². The zero-order chi connectivity index (χ0) is 21.0. The van der Waals surface area contributed by atoms with E-state index in [1.807, 2.05) is 72.5 Å². The lowest BCUT2D eigenvalue weighted by molar-refractivity contribution is -0.161. The summed E-state index contributed by atoms with van der Waals surface area (Å²) in [5.74, 6) is 0.311. The molecular weight excluding hydrogens is 412 g/mol. The molecule has 0 N–H and O–H groups in total. The molecule has 2 aromatic rings. The van der Waals surface area contributed by atoms with Crippen LogP contribution in [0.15, 0.2) is 60.7 Å². The van der Waals surface area contributed by atoms with Gasteiger partial charge in [0.1, 0.15) is 11.9 Å². The van der Waals surface area contributed by atoms with Gasteiger partial charge in [-0.25, -0.2) is 0 Å². The molecule has 1 spiro atoms. The van der Waals surface area contributed by atoms with Crippen LogP contribution < -0.4 is 4.90 Å². The summed E-state index contributed by atoms with van der Waals surface area (Å²) < 4.78 is 6.25. The summed E-state index contributed by atoms with van der Waals surface area (Å²) in [6.07, 6.45) is 2.40. The number of carbonyl (C=O) groups is 2. The van der Waals surface area contributed by atoms with E-state index in [1.54, 1.807) is 0 Å². The average Bonchev–Trinajstić information content (AvgIpc) is 2.77. The van der Waals surface area contributed by atoms with Crippen molar-refractivity contribution in [2.24, 2.45) is 0 Å². The Balaban J connectivity index is 0.00000272. The maximum atomic E-state index is 12.7. The van der Waals surface area contributed by atoms with Crippen molar-refractivity contribution >= 4 is 29.8 Å². The van der Waals surface area contributed by atoms with Crippen LogP contribution in [0.3, 0.4) is 0 Å². The van der Waals surface area contributed by atoms with Gasteiger partial charge in [0.15, 0.2) is 0 Å². The molecule has 2 aliphatic rings. The Kier molecular flexibility index (Phi) is 7.87. The molecule has 5 nitrogen and oxygen atoms in total. The van der Waals surface area contributed by atoms with Crippen molar-refractivity contribution < 1.29 is 14.3 Å². The number of rotatable bonds is 6. The first-order valence-corrected chi connectivity index (χ1v) is 10.9. The van der Waals surface area contributed by atoms with Crippen molar-refractivity contribution in [3.63, 3.8) is 0 Å². The summed E-state index contributed by atoms with van der Waals surface area (Å²) in [4.78, 5) is 29.3. The van der Waals surface area contributed by atoms with E-state index in [1.165, 1.54) is 0 Å². The fraction of sp³-hybridized carbons (Fsp3) is 0.440. The number of amides is 1. The molecule has 6 heteroatoms. The number of anilines is 1. The lowest BCUT2D eigenvalue weighted by Gasteiger charge is -2.49. The average molecular weight is 443 g/mol. The van der Waals surface area contributed by atoms with Crippen LogP contribution in [0, 0.1) is 0 Å². The summed E-state index contributed by atoms with van der Waals surface area (Å²) >= 11 is 0. The molecule has 0 aromatic heterocycles. The SMILES string of the molecule is CC1OC2(CCN(CCC(=O)Cc3ccccc3)CC2)CN(c2ccccc2)C1=O.Cl. The van der Waals surface area contributed by atoms with Gasteiger partial charge in [0, 0.05) is 38.2 Å². The Labute approximate surface area is 190 Å². The Morgan fingerprint density at radius 3 is 2.29 bits per heavy atom. The van der Waals surface area contributed by atoms with E-state index in [9.17, 15) is 9.59 Å². The third-order valence-corrected chi connectivity index (χ3v) is 6.27. The van der Waals surface area contributed by atoms with Crippen LogP contribution >= 0.6 is 12.4 Å². The van der Waals surface area contributed by atoms with Crippen LogP contribution in [-0.2, 0) is 20.7 Å². The summed E-state index contributed by atoms with van der Waals surface area (Å²) in [6.45, 7) is 5.03. The number of Topliss-reactive ketones (excluding diaryl/α,β-unsaturated/α-hetero) is 1. The number of likely N-dealkylation sites (tertiary alicyclic amines) is 1. The standard InChI is InChI=1S/C25H30N2O3.ClH/c1-20-24(29)27(22-10-6-3-7-11-22)19-25(30-20)13-16-26(17-14-25)15-12-23(28)18-21-8-4-2-5-9-21;/h2-11,20H,12-19H2,1H3;1H. The Morgan fingerprint density at radius 1 is 1.03 bits per heavy atom. The highest BCUT2D eigenvalue weighted by Crippen LogP contribution is 2.35. The largest absolute Gasteiger partial charge is 0.360 e. The van der Waals surface area contributed by atoms with Crippen molar-refractivity contribution in [3.05, 3.63) is 66.2 Å². The van der Waals surface area contributed by atoms with Gasteiger partial charge in [0.25, 0.3) is 5.91 Å². The fourth-order valence-electron chi connectivity index (χ4n) is 4.53. The fourth-order valence-corrected chi connectivity index (χ4v) is 4.53. The first kappa shape index (κ1) is 23.5. The van der Waals surface area contributed by atoms with Crippen LogP contribution in [0.25, 0.3) is 0 Å². The number of hydrogen-bond acceptors (Lipinski definition) is 4. The monoisotopic (exact) mass is 442 g/mol. The molecule has 2 fully saturated rings. The minimum atomic E-state index is -0.432. The third kappa shape index (κ3) is 5.73. The molecule has 4 rings (SSSR count). The molecule has 0 radical (unpaired) electrons. The van der Waals surface area contributed by atoms with Crippen molar-refractivity contribution in [1.82, 2.24) is 4.90 Å². The number of halogens is 1. The Hall–Kier alpha value is -2.21. The molecule has 1 unspecified atom stereocenters. The first-order valence-electron chi connectivity index (χ1n) is 10.9. The number of carbonyl (C=O) groups excluding carboxylic acids is 2. The van der Waals surface area contributed by atoms with E-state index in [0.717, 1.165) is 43.7 Å². The van der Waals surface area contributed by atoms with E-state index < -0.39 is 6.10 Å². The number of nitrogens with zero attached hydrogens (tertiary/aromatic N) is 2. The van der Waals surface area contributed by atoms with Gasteiger partial charge in [-0.15, -0.1) is 12.4 Å². The zero-order valence-electron chi connectivity index (χ0n) is 18.0.